The Balaban J connectivity index is 1.93. The molecule has 2 atom stereocenters. The van der Waals surface area contributed by atoms with Gasteiger partial charge in [-0.1, -0.05) is 30.5 Å². The van der Waals surface area contributed by atoms with E-state index in [1.807, 2.05) is 7.05 Å². The summed E-state index contributed by atoms with van der Waals surface area (Å²) in [5.41, 5.74) is 2.42. The highest BCUT2D eigenvalue weighted by molar-refractivity contribution is 8.00. The van der Waals surface area contributed by atoms with Gasteiger partial charge in [-0.05, 0) is 38.3 Å². The Morgan fingerprint density at radius 2 is 2.05 bits per heavy atom. The molecule has 1 N–H and O–H groups in total. The van der Waals surface area contributed by atoms with Crippen LogP contribution in [0.2, 0.25) is 0 Å². The first-order valence-electron chi connectivity index (χ1n) is 7.63. The summed E-state index contributed by atoms with van der Waals surface area (Å²) in [6, 6.07) is 6.30. The molecule has 2 unspecified atom stereocenters. The monoisotopic (exact) mass is 307 g/mol. The van der Waals surface area contributed by atoms with Crippen LogP contribution in [0.25, 0.3) is 0 Å². The van der Waals surface area contributed by atoms with Gasteiger partial charge in [0.1, 0.15) is 0 Å². The molecule has 2 rings (SSSR count). The second kappa shape index (κ2) is 7.32. The van der Waals surface area contributed by atoms with Crippen molar-refractivity contribution >= 4 is 17.7 Å². The third kappa shape index (κ3) is 4.24. The van der Waals surface area contributed by atoms with Crippen LogP contribution in [0.1, 0.15) is 36.8 Å². The minimum Gasteiger partial charge on any atom is -0.391 e. The van der Waals surface area contributed by atoms with Gasteiger partial charge in [0.15, 0.2) is 0 Å². The second-order valence-corrected chi connectivity index (χ2v) is 7.00. The van der Waals surface area contributed by atoms with Crippen LogP contribution < -0.4 is 0 Å². The minimum absolute atomic E-state index is 0.00884. The Bertz CT molecular complexity index is 504. The van der Waals surface area contributed by atoms with Crippen molar-refractivity contribution < 1.29 is 9.90 Å². The summed E-state index contributed by atoms with van der Waals surface area (Å²) in [7, 11) is 1.82. The van der Waals surface area contributed by atoms with E-state index in [9.17, 15) is 9.90 Å². The molecule has 1 amide bonds. The van der Waals surface area contributed by atoms with E-state index >= 15 is 0 Å². The molecular formula is C17H25NO2S. The Hall–Kier alpha value is -1.00. The number of aliphatic hydroxyl groups is 1. The van der Waals surface area contributed by atoms with Crippen LogP contribution in [0.15, 0.2) is 23.1 Å². The number of carbonyl (C=O) groups excluding carboxylic acids is 1. The van der Waals surface area contributed by atoms with E-state index in [4.69, 9.17) is 0 Å². The van der Waals surface area contributed by atoms with Crippen LogP contribution in [0.4, 0.5) is 0 Å². The number of nitrogens with zero attached hydrogens (tertiary/aromatic N) is 1. The first-order valence-corrected chi connectivity index (χ1v) is 8.61. The summed E-state index contributed by atoms with van der Waals surface area (Å²) in [4.78, 5) is 15.3. The molecule has 0 aliphatic heterocycles. The van der Waals surface area contributed by atoms with Gasteiger partial charge in [0.2, 0.25) is 5.91 Å². The number of thioether (sulfide) groups is 1. The van der Waals surface area contributed by atoms with Gasteiger partial charge >= 0.3 is 0 Å². The van der Waals surface area contributed by atoms with Crippen LogP contribution in [-0.4, -0.2) is 40.9 Å². The van der Waals surface area contributed by atoms with Crippen molar-refractivity contribution in [3.63, 3.8) is 0 Å². The fourth-order valence-electron chi connectivity index (χ4n) is 2.83. The molecular weight excluding hydrogens is 282 g/mol. The number of hydrogen-bond donors (Lipinski definition) is 1. The molecule has 1 aliphatic carbocycles. The highest BCUT2D eigenvalue weighted by atomic mass is 32.2. The Morgan fingerprint density at radius 1 is 1.33 bits per heavy atom. The molecule has 1 saturated carbocycles. The van der Waals surface area contributed by atoms with Crippen molar-refractivity contribution in [2.24, 2.45) is 0 Å². The van der Waals surface area contributed by atoms with Crippen LogP contribution in [0.5, 0.6) is 0 Å². The van der Waals surface area contributed by atoms with E-state index in [1.54, 1.807) is 16.7 Å². The molecule has 0 spiro atoms. The van der Waals surface area contributed by atoms with Gasteiger partial charge in [0.25, 0.3) is 0 Å². The summed E-state index contributed by atoms with van der Waals surface area (Å²) in [5, 5.41) is 10.1. The van der Waals surface area contributed by atoms with Crippen molar-refractivity contribution in [3.05, 3.63) is 29.3 Å². The molecule has 0 bridgehead atoms. The Labute approximate surface area is 131 Å². The Kier molecular flexibility index (Phi) is 5.71. The normalized spacial score (nSPS) is 22.1. The number of aliphatic hydroxyl groups excluding tert-OH is 1. The lowest BCUT2D eigenvalue weighted by atomic mass is 9.91. The van der Waals surface area contributed by atoms with E-state index < -0.39 is 0 Å². The zero-order valence-electron chi connectivity index (χ0n) is 13.1. The standard InChI is InChI=1S/C17H25NO2S/c1-12-8-9-13(2)16(10-12)21-11-17(20)18(3)14-6-4-5-7-15(14)19/h8-10,14-15,19H,4-7,11H2,1-3H3. The van der Waals surface area contributed by atoms with Crippen molar-refractivity contribution in [1.82, 2.24) is 4.90 Å². The van der Waals surface area contributed by atoms with Crippen molar-refractivity contribution in [2.45, 2.75) is 56.6 Å². The summed E-state index contributed by atoms with van der Waals surface area (Å²) >= 11 is 1.59. The molecule has 1 aliphatic rings. The van der Waals surface area contributed by atoms with E-state index in [1.165, 1.54) is 16.0 Å². The van der Waals surface area contributed by atoms with Gasteiger partial charge in [0.05, 0.1) is 17.9 Å². The summed E-state index contributed by atoms with van der Waals surface area (Å²) < 4.78 is 0. The highest BCUT2D eigenvalue weighted by Crippen LogP contribution is 2.26. The fraction of sp³-hybridized carbons (Fsp3) is 0.588. The number of aryl methyl sites for hydroxylation is 2. The van der Waals surface area contributed by atoms with Gasteiger partial charge in [-0.3, -0.25) is 4.79 Å². The SMILES string of the molecule is Cc1ccc(C)c(SCC(=O)N(C)C2CCCCC2O)c1. The van der Waals surface area contributed by atoms with Crippen LogP contribution in [-0.2, 0) is 4.79 Å². The molecule has 1 aromatic rings. The zero-order valence-corrected chi connectivity index (χ0v) is 13.9. The lowest BCUT2D eigenvalue weighted by Crippen LogP contribution is -2.46. The molecule has 0 aromatic heterocycles. The predicted octanol–water partition coefficient (Wildman–Crippen LogP) is 3.16. The summed E-state index contributed by atoms with van der Waals surface area (Å²) in [6.45, 7) is 4.14. The minimum atomic E-state index is -0.363. The quantitative estimate of drug-likeness (QED) is 0.869. The average Bonchev–Trinajstić information content (AvgIpc) is 2.47. The fourth-order valence-corrected chi connectivity index (χ4v) is 3.88. The van der Waals surface area contributed by atoms with Gasteiger partial charge in [-0.2, -0.15) is 0 Å². The number of carbonyl (C=O) groups is 1. The smallest absolute Gasteiger partial charge is 0.233 e. The molecule has 1 fully saturated rings. The maximum Gasteiger partial charge on any atom is 0.233 e. The molecule has 4 heteroatoms. The van der Waals surface area contributed by atoms with Gasteiger partial charge in [-0.25, -0.2) is 0 Å². The number of hydrogen-bond acceptors (Lipinski definition) is 3. The first-order chi connectivity index (χ1) is 9.99. The van der Waals surface area contributed by atoms with Crippen molar-refractivity contribution in [1.29, 1.82) is 0 Å². The van der Waals surface area contributed by atoms with Crippen molar-refractivity contribution in [3.8, 4) is 0 Å². The van der Waals surface area contributed by atoms with E-state index in [0.29, 0.717) is 5.75 Å². The average molecular weight is 307 g/mol. The predicted molar refractivity (Wildman–Crippen MR) is 87.7 cm³/mol. The number of benzene rings is 1. The molecule has 0 saturated heterocycles. The second-order valence-electron chi connectivity index (χ2n) is 5.98. The van der Waals surface area contributed by atoms with Crippen LogP contribution in [0, 0.1) is 13.8 Å². The zero-order chi connectivity index (χ0) is 15.4. The van der Waals surface area contributed by atoms with Crippen molar-refractivity contribution in [2.75, 3.05) is 12.8 Å². The van der Waals surface area contributed by atoms with Gasteiger partial charge in [0, 0.05) is 11.9 Å². The summed E-state index contributed by atoms with van der Waals surface area (Å²) in [6.07, 6.45) is 3.53. The van der Waals surface area contributed by atoms with E-state index in [0.717, 1.165) is 25.7 Å². The van der Waals surface area contributed by atoms with E-state index in [2.05, 4.69) is 32.0 Å². The molecule has 116 valence electrons. The lowest BCUT2D eigenvalue weighted by Gasteiger charge is -2.35. The van der Waals surface area contributed by atoms with E-state index in [-0.39, 0.29) is 18.1 Å². The van der Waals surface area contributed by atoms with Gasteiger partial charge < -0.3 is 10.0 Å². The number of amides is 1. The first kappa shape index (κ1) is 16.4. The third-order valence-electron chi connectivity index (χ3n) is 4.28. The number of rotatable bonds is 4. The number of likely N-dealkylation sites (N-methyl/N-ethyl adjacent to an activating group) is 1. The third-order valence-corrected chi connectivity index (χ3v) is 5.42. The largest absolute Gasteiger partial charge is 0.391 e. The maximum atomic E-state index is 12.4. The maximum absolute atomic E-state index is 12.4. The molecule has 21 heavy (non-hydrogen) atoms. The topological polar surface area (TPSA) is 40.5 Å². The highest BCUT2D eigenvalue weighted by Gasteiger charge is 2.29. The Morgan fingerprint density at radius 3 is 2.76 bits per heavy atom. The molecule has 3 nitrogen and oxygen atoms in total. The van der Waals surface area contributed by atoms with Gasteiger partial charge in [-0.15, -0.1) is 11.8 Å². The lowest BCUT2D eigenvalue weighted by molar-refractivity contribution is -0.132. The van der Waals surface area contributed by atoms with Crippen LogP contribution in [0.3, 0.4) is 0 Å². The summed E-state index contributed by atoms with van der Waals surface area (Å²) in [5.74, 6) is 0.538. The molecule has 1 aromatic carbocycles. The van der Waals surface area contributed by atoms with Crippen LogP contribution >= 0.6 is 11.8 Å². The molecule has 0 heterocycles. The molecule has 0 radical (unpaired) electrons.